The van der Waals surface area contributed by atoms with Gasteiger partial charge in [-0.15, -0.1) is 0 Å². The number of amides is 2. The van der Waals surface area contributed by atoms with Gasteiger partial charge < -0.3 is 20.5 Å². The first kappa shape index (κ1) is 21.0. The Morgan fingerprint density at radius 3 is 2.58 bits per heavy atom. The van der Waals surface area contributed by atoms with Crippen molar-refractivity contribution < 1.29 is 19.1 Å². The molecule has 140 valence electrons. The fourth-order valence-electron chi connectivity index (χ4n) is 2.06. The number of hydrogen-bond acceptors (Lipinski definition) is 6. The molecule has 0 aromatic heterocycles. The van der Waals surface area contributed by atoms with E-state index in [9.17, 15) is 14.9 Å². The summed E-state index contributed by atoms with van der Waals surface area (Å²) in [5.41, 5.74) is 6.28. The van der Waals surface area contributed by atoms with E-state index in [1.54, 1.807) is 20.1 Å². The zero-order valence-electron chi connectivity index (χ0n) is 15.0. The van der Waals surface area contributed by atoms with E-state index in [1.165, 1.54) is 0 Å². The van der Waals surface area contributed by atoms with Crippen molar-refractivity contribution in [1.29, 1.82) is 5.26 Å². The van der Waals surface area contributed by atoms with Crippen LogP contribution in [0.25, 0.3) is 0 Å². The Morgan fingerprint density at radius 1 is 1.35 bits per heavy atom. The zero-order chi connectivity index (χ0) is 19.4. The van der Waals surface area contributed by atoms with Crippen molar-refractivity contribution in [3.8, 4) is 11.8 Å². The Labute approximate surface area is 153 Å². The van der Waals surface area contributed by atoms with Gasteiger partial charge in [-0.3, -0.25) is 9.69 Å². The first-order valence-corrected chi connectivity index (χ1v) is 8.22. The fourth-order valence-corrected chi connectivity index (χ4v) is 2.06. The van der Waals surface area contributed by atoms with Gasteiger partial charge in [-0.05, 0) is 31.0 Å². The predicted octanol–water partition coefficient (Wildman–Crippen LogP) is 1.18. The standard InChI is InChI=1S/C18H24N4O4/c1-3-26-18(24)22(11-9-19)13-15(12-20)17(23)21-10-8-14-4-6-16(25-2)7-5-14/h4-7,13H,3,8-11,19H2,1-2H3,(H,21,23)/b15-13-. The van der Waals surface area contributed by atoms with Gasteiger partial charge in [-0.2, -0.15) is 5.26 Å². The van der Waals surface area contributed by atoms with E-state index in [-0.39, 0.29) is 25.3 Å². The molecule has 26 heavy (non-hydrogen) atoms. The highest BCUT2D eigenvalue weighted by Crippen LogP contribution is 2.11. The third kappa shape index (κ3) is 6.83. The van der Waals surface area contributed by atoms with Crippen molar-refractivity contribution in [2.45, 2.75) is 13.3 Å². The minimum atomic E-state index is -0.656. The van der Waals surface area contributed by atoms with Gasteiger partial charge in [0.1, 0.15) is 17.4 Å². The predicted molar refractivity (Wildman–Crippen MR) is 96.2 cm³/mol. The molecule has 0 heterocycles. The average Bonchev–Trinajstić information content (AvgIpc) is 2.65. The van der Waals surface area contributed by atoms with Gasteiger partial charge in [0.05, 0.1) is 13.7 Å². The van der Waals surface area contributed by atoms with E-state index in [1.807, 2.05) is 24.3 Å². The number of methoxy groups -OCH3 is 1. The second-order valence-corrected chi connectivity index (χ2v) is 5.19. The number of nitrogens with one attached hydrogen (secondary N) is 1. The topological polar surface area (TPSA) is 118 Å². The summed E-state index contributed by atoms with van der Waals surface area (Å²) in [6.07, 6.45) is 1.10. The van der Waals surface area contributed by atoms with Gasteiger partial charge in [0.2, 0.25) is 0 Å². The summed E-state index contributed by atoms with van der Waals surface area (Å²) in [5, 5.41) is 11.9. The summed E-state index contributed by atoms with van der Waals surface area (Å²) < 4.78 is 9.96. The van der Waals surface area contributed by atoms with Crippen LogP contribution in [-0.4, -0.2) is 50.3 Å². The van der Waals surface area contributed by atoms with E-state index in [0.29, 0.717) is 13.0 Å². The fraction of sp³-hybridized carbons (Fsp3) is 0.389. The van der Waals surface area contributed by atoms with Gasteiger partial charge in [-0.1, -0.05) is 12.1 Å². The molecule has 0 spiro atoms. The maximum absolute atomic E-state index is 12.2. The van der Waals surface area contributed by atoms with Crippen LogP contribution in [0.4, 0.5) is 4.79 Å². The highest BCUT2D eigenvalue weighted by Gasteiger charge is 2.16. The van der Waals surface area contributed by atoms with Crippen LogP contribution in [0, 0.1) is 11.3 Å². The lowest BCUT2D eigenvalue weighted by Crippen LogP contribution is -2.34. The first-order valence-electron chi connectivity index (χ1n) is 8.22. The number of carbonyl (C=O) groups excluding carboxylic acids is 2. The van der Waals surface area contributed by atoms with Crippen LogP contribution in [0.3, 0.4) is 0 Å². The molecule has 0 fully saturated rings. The third-order valence-electron chi connectivity index (χ3n) is 3.38. The summed E-state index contributed by atoms with van der Waals surface area (Å²) >= 11 is 0. The Kier molecular flexibility index (Phi) is 9.28. The number of nitriles is 1. The maximum Gasteiger partial charge on any atom is 0.413 e. The normalized spacial score (nSPS) is 10.6. The minimum absolute atomic E-state index is 0.142. The smallest absolute Gasteiger partial charge is 0.413 e. The molecule has 2 amide bonds. The molecule has 8 nitrogen and oxygen atoms in total. The molecule has 8 heteroatoms. The molecule has 0 atom stereocenters. The van der Waals surface area contributed by atoms with E-state index in [2.05, 4.69) is 5.32 Å². The Bertz CT molecular complexity index is 665. The molecule has 0 bridgehead atoms. The summed E-state index contributed by atoms with van der Waals surface area (Å²) in [5.74, 6) is 0.193. The number of nitrogens with two attached hydrogens (primary N) is 1. The van der Waals surface area contributed by atoms with E-state index >= 15 is 0 Å². The lowest BCUT2D eigenvalue weighted by Gasteiger charge is -2.17. The quantitative estimate of drug-likeness (QED) is 0.504. The third-order valence-corrected chi connectivity index (χ3v) is 3.38. The van der Waals surface area contributed by atoms with Gasteiger partial charge in [0.15, 0.2) is 0 Å². The lowest BCUT2D eigenvalue weighted by molar-refractivity contribution is -0.117. The minimum Gasteiger partial charge on any atom is -0.497 e. The van der Waals surface area contributed by atoms with Crippen LogP contribution >= 0.6 is 0 Å². The van der Waals surface area contributed by atoms with Crippen LogP contribution < -0.4 is 15.8 Å². The number of rotatable bonds is 9. The summed E-state index contributed by atoms with van der Waals surface area (Å²) in [6, 6.07) is 9.26. The summed E-state index contributed by atoms with van der Waals surface area (Å²) in [6.45, 7) is 2.51. The number of hydrogen-bond donors (Lipinski definition) is 2. The maximum atomic E-state index is 12.2. The molecule has 0 saturated heterocycles. The van der Waals surface area contributed by atoms with Gasteiger partial charge >= 0.3 is 6.09 Å². The van der Waals surface area contributed by atoms with Gasteiger partial charge in [0, 0.05) is 25.8 Å². The van der Waals surface area contributed by atoms with Gasteiger partial charge in [-0.25, -0.2) is 4.79 Å². The zero-order valence-corrected chi connectivity index (χ0v) is 15.0. The van der Waals surface area contributed by atoms with Gasteiger partial charge in [0.25, 0.3) is 5.91 Å². The van der Waals surface area contributed by atoms with E-state index in [0.717, 1.165) is 22.4 Å². The molecular weight excluding hydrogens is 336 g/mol. The molecule has 1 aromatic rings. The highest BCUT2D eigenvalue weighted by atomic mass is 16.6. The number of carbonyl (C=O) groups is 2. The summed E-state index contributed by atoms with van der Waals surface area (Å²) in [7, 11) is 1.59. The summed E-state index contributed by atoms with van der Waals surface area (Å²) in [4.78, 5) is 25.1. The Balaban J connectivity index is 2.65. The molecule has 1 aromatic carbocycles. The molecule has 0 aliphatic carbocycles. The van der Waals surface area contributed by atoms with E-state index in [4.69, 9.17) is 15.2 Å². The monoisotopic (exact) mass is 360 g/mol. The molecule has 1 rings (SSSR count). The Morgan fingerprint density at radius 2 is 2.04 bits per heavy atom. The van der Waals surface area contributed by atoms with Crippen LogP contribution in [0.5, 0.6) is 5.75 Å². The van der Waals surface area contributed by atoms with Crippen molar-refractivity contribution in [3.05, 3.63) is 41.6 Å². The highest BCUT2D eigenvalue weighted by molar-refractivity contribution is 5.97. The molecule has 0 radical (unpaired) electrons. The second kappa shape index (κ2) is 11.5. The van der Waals surface area contributed by atoms with Crippen molar-refractivity contribution in [2.75, 3.05) is 33.4 Å². The second-order valence-electron chi connectivity index (χ2n) is 5.19. The lowest BCUT2D eigenvalue weighted by atomic mass is 10.1. The number of ether oxygens (including phenoxy) is 2. The molecule has 0 unspecified atom stereocenters. The van der Waals surface area contributed by atoms with Crippen molar-refractivity contribution in [2.24, 2.45) is 5.73 Å². The number of nitrogens with zero attached hydrogens (tertiary/aromatic N) is 2. The van der Waals surface area contributed by atoms with Crippen molar-refractivity contribution in [3.63, 3.8) is 0 Å². The SMILES string of the molecule is CCOC(=O)N(/C=C(/C#N)C(=O)NCCc1ccc(OC)cc1)CCN. The van der Waals surface area contributed by atoms with Crippen molar-refractivity contribution >= 4 is 12.0 Å². The van der Waals surface area contributed by atoms with Crippen LogP contribution in [0.1, 0.15) is 12.5 Å². The van der Waals surface area contributed by atoms with Crippen LogP contribution in [0.2, 0.25) is 0 Å². The molecular formula is C18H24N4O4. The Hall–Kier alpha value is -3.05. The molecule has 0 saturated carbocycles. The van der Waals surface area contributed by atoms with Crippen LogP contribution in [0.15, 0.2) is 36.0 Å². The number of benzene rings is 1. The van der Waals surface area contributed by atoms with Crippen molar-refractivity contribution in [1.82, 2.24) is 10.2 Å². The molecule has 0 aliphatic rings. The molecule has 0 aliphatic heterocycles. The van der Waals surface area contributed by atoms with Crippen LogP contribution in [-0.2, 0) is 16.0 Å². The first-order chi connectivity index (χ1) is 12.5. The van der Waals surface area contributed by atoms with E-state index < -0.39 is 12.0 Å². The molecule has 3 N–H and O–H groups in total. The average molecular weight is 360 g/mol. The largest absolute Gasteiger partial charge is 0.497 e.